The van der Waals surface area contributed by atoms with Crippen molar-refractivity contribution in [2.24, 2.45) is 0 Å². The van der Waals surface area contributed by atoms with Gasteiger partial charge in [-0.1, -0.05) is 25.0 Å². The predicted molar refractivity (Wildman–Crippen MR) is 106 cm³/mol. The Kier molecular flexibility index (Phi) is 5.16. The van der Waals surface area contributed by atoms with E-state index in [0.29, 0.717) is 12.4 Å². The smallest absolute Gasteiger partial charge is 0.162 e. The van der Waals surface area contributed by atoms with Gasteiger partial charge in [-0.15, -0.1) is 0 Å². The lowest BCUT2D eigenvalue weighted by atomic mass is 10.2. The van der Waals surface area contributed by atoms with Gasteiger partial charge in [0.15, 0.2) is 11.6 Å². The molecule has 6 heteroatoms. The standard InChI is InChI=1S/C21H24N4O2/c1-27-14-15-11-18-19(22-13-15)21(25-9-4-2-3-5-10-25)24-20(23-18)16-7-6-8-17(26)12-16/h6-8,11-13,26H,2-5,9-10,14H2,1H3. The van der Waals surface area contributed by atoms with Crippen molar-refractivity contribution in [3.63, 3.8) is 0 Å². The summed E-state index contributed by atoms with van der Waals surface area (Å²) in [4.78, 5) is 16.6. The fourth-order valence-corrected chi connectivity index (χ4v) is 3.57. The van der Waals surface area contributed by atoms with Gasteiger partial charge in [0.25, 0.3) is 0 Å². The van der Waals surface area contributed by atoms with Gasteiger partial charge >= 0.3 is 0 Å². The van der Waals surface area contributed by atoms with Crippen LogP contribution >= 0.6 is 0 Å². The maximum absolute atomic E-state index is 9.86. The molecule has 0 saturated carbocycles. The largest absolute Gasteiger partial charge is 0.508 e. The van der Waals surface area contributed by atoms with Crippen LogP contribution in [0, 0.1) is 0 Å². The topological polar surface area (TPSA) is 71.4 Å². The summed E-state index contributed by atoms with van der Waals surface area (Å²) in [5.74, 6) is 1.69. The summed E-state index contributed by atoms with van der Waals surface area (Å²) in [6, 6.07) is 9.09. The number of benzene rings is 1. The highest BCUT2D eigenvalue weighted by Gasteiger charge is 2.18. The lowest BCUT2D eigenvalue weighted by Gasteiger charge is -2.23. The van der Waals surface area contributed by atoms with Crippen LogP contribution in [0.2, 0.25) is 0 Å². The van der Waals surface area contributed by atoms with Gasteiger partial charge < -0.3 is 14.7 Å². The number of nitrogens with zero attached hydrogens (tertiary/aromatic N) is 4. The molecule has 1 fully saturated rings. The minimum Gasteiger partial charge on any atom is -0.508 e. The number of rotatable bonds is 4. The number of pyridine rings is 1. The van der Waals surface area contributed by atoms with Crippen LogP contribution in [0.4, 0.5) is 5.82 Å². The van der Waals surface area contributed by atoms with Crippen molar-refractivity contribution in [1.82, 2.24) is 15.0 Å². The van der Waals surface area contributed by atoms with Gasteiger partial charge in [-0.05, 0) is 36.6 Å². The van der Waals surface area contributed by atoms with Gasteiger partial charge in [-0.3, -0.25) is 4.98 Å². The number of aromatic hydroxyl groups is 1. The van der Waals surface area contributed by atoms with Crippen molar-refractivity contribution in [2.45, 2.75) is 32.3 Å². The summed E-state index contributed by atoms with van der Waals surface area (Å²) in [6.07, 6.45) is 6.67. The summed E-state index contributed by atoms with van der Waals surface area (Å²) in [6.45, 7) is 2.45. The second-order valence-electron chi connectivity index (χ2n) is 6.97. The molecule has 0 atom stereocenters. The zero-order valence-corrected chi connectivity index (χ0v) is 15.6. The number of fused-ring (bicyclic) bond motifs is 1. The summed E-state index contributed by atoms with van der Waals surface area (Å²) in [5.41, 5.74) is 3.40. The molecule has 3 heterocycles. The Morgan fingerprint density at radius 1 is 1.07 bits per heavy atom. The molecule has 0 unspecified atom stereocenters. The van der Waals surface area contributed by atoms with Crippen molar-refractivity contribution >= 4 is 16.9 Å². The SMILES string of the molecule is COCc1cnc2c(N3CCCCCC3)nc(-c3cccc(O)c3)nc2c1. The molecule has 0 bridgehead atoms. The number of ether oxygens (including phenoxy) is 1. The average molecular weight is 364 g/mol. The number of hydrogen-bond acceptors (Lipinski definition) is 6. The number of methoxy groups -OCH3 is 1. The molecule has 3 aromatic rings. The summed E-state index contributed by atoms with van der Waals surface area (Å²) < 4.78 is 5.24. The Morgan fingerprint density at radius 2 is 1.89 bits per heavy atom. The molecule has 0 aliphatic carbocycles. The van der Waals surface area contributed by atoms with E-state index in [1.54, 1.807) is 19.2 Å². The van der Waals surface area contributed by atoms with Gasteiger partial charge in [-0.25, -0.2) is 9.97 Å². The molecule has 6 nitrogen and oxygen atoms in total. The Balaban J connectivity index is 1.87. The quantitative estimate of drug-likeness (QED) is 0.756. The van der Waals surface area contributed by atoms with E-state index in [0.717, 1.165) is 53.9 Å². The number of phenolic OH excluding ortho intramolecular Hbond substituents is 1. The molecule has 140 valence electrons. The van der Waals surface area contributed by atoms with E-state index >= 15 is 0 Å². The van der Waals surface area contributed by atoms with Crippen LogP contribution in [0.25, 0.3) is 22.4 Å². The van der Waals surface area contributed by atoms with E-state index in [1.165, 1.54) is 12.8 Å². The van der Waals surface area contributed by atoms with E-state index in [-0.39, 0.29) is 5.75 Å². The number of aromatic nitrogens is 3. The van der Waals surface area contributed by atoms with Crippen molar-refractivity contribution in [3.8, 4) is 17.1 Å². The first-order chi connectivity index (χ1) is 13.2. The summed E-state index contributed by atoms with van der Waals surface area (Å²) in [5, 5.41) is 9.86. The van der Waals surface area contributed by atoms with Gasteiger partial charge in [0.1, 0.15) is 11.3 Å². The second-order valence-corrected chi connectivity index (χ2v) is 6.97. The molecule has 1 aliphatic heterocycles. The fourth-order valence-electron chi connectivity index (χ4n) is 3.57. The van der Waals surface area contributed by atoms with E-state index in [9.17, 15) is 5.11 Å². The fraction of sp³-hybridized carbons (Fsp3) is 0.381. The highest BCUT2D eigenvalue weighted by molar-refractivity contribution is 5.87. The first-order valence-electron chi connectivity index (χ1n) is 9.44. The third-order valence-electron chi connectivity index (χ3n) is 4.90. The van der Waals surface area contributed by atoms with Crippen LogP contribution in [0.1, 0.15) is 31.2 Å². The zero-order chi connectivity index (χ0) is 18.6. The molecular weight excluding hydrogens is 340 g/mol. The van der Waals surface area contributed by atoms with Crippen molar-refractivity contribution < 1.29 is 9.84 Å². The molecule has 4 rings (SSSR count). The minimum absolute atomic E-state index is 0.207. The predicted octanol–water partition coefficient (Wildman–Crippen LogP) is 3.92. The summed E-state index contributed by atoms with van der Waals surface area (Å²) >= 11 is 0. The molecule has 1 aliphatic rings. The number of phenols is 1. The van der Waals surface area contributed by atoms with Crippen molar-refractivity contribution in [3.05, 3.63) is 42.1 Å². The maximum Gasteiger partial charge on any atom is 0.162 e. The molecule has 0 radical (unpaired) electrons. The van der Waals surface area contributed by atoms with E-state index < -0.39 is 0 Å². The highest BCUT2D eigenvalue weighted by Crippen LogP contribution is 2.29. The Morgan fingerprint density at radius 3 is 2.63 bits per heavy atom. The van der Waals surface area contributed by atoms with Crippen LogP contribution in [0.15, 0.2) is 36.5 Å². The molecule has 1 aromatic carbocycles. The van der Waals surface area contributed by atoms with E-state index in [4.69, 9.17) is 14.7 Å². The number of hydrogen-bond donors (Lipinski definition) is 1. The first-order valence-corrected chi connectivity index (χ1v) is 9.44. The minimum atomic E-state index is 0.207. The molecule has 0 spiro atoms. The van der Waals surface area contributed by atoms with Crippen LogP contribution in [0.5, 0.6) is 5.75 Å². The number of anilines is 1. The molecule has 1 N–H and O–H groups in total. The Hall–Kier alpha value is -2.73. The average Bonchev–Trinajstić information content (AvgIpc) is 2.96. The Labute approximate surface area is 158 Å². The van der Waals surface area contributed by atoms with Gasteiger partial charge in [0.2, 0.25) is 0 Å². The van der Waals surface area contributed by atoms with Crippen LogP contribution in [-0.2, 0) is 11.3 Å². The molecule has 2 aromatic heterocycles. The normalized spacial score (nSPS) is 15.1. The highest BCUT2D eigenvalue weighted by atomic mass is 16.5. The third-order valence-corrected chi connectivity index (χ3v) is 4.90. The first kappa shape index (κ1) is 17.7. The van der Waals surface area contributed by atoms with Gasteiger partial charge in [0, 0.05) is 32.0 Å². The maximum atomic E-state index is 9.86. The van der Waals surface area contributed by atoms with Gasteiger partial charge in [0.05, 0.1) is 12.1 Å². The third kappa shape index (κ3) is 3.85. The zero-order valence-electron chi connectivity index (χ0n) is 15.6. The van der Waals surface area contributed by atoms with Crippen LogP contribution in [0.3, 0.4) is 0 Å². The van der Waals surface area contributed by atoms with Gasteiger partial charge in [-0.2, -0.15) is 0 Å². The lowest BCUT2D eigenvalue weighted by molar-refractivity contribution is 0.184. The van der Waals surface area contributed by atoms with Crippen molar-refractivity contribution in [2.75, 3.05) is 25.1 Å². The molecule has 0 amide bonds. The lowest BCUT2D eigenvalue weighted by Crippen LogP contribution is -2.25. The monoisotopic (exact) mass is 364 g/mol. The van der Waals surface area contributed by atoms with Crippen LogP contribution < -0.4 is 4.90 Å². The van der Waals surface area contributed by atoms with Crippen LogP contribution in [-0.4, -0.2) is 40.3 Å². The van der Waals surface area contributed by atoms with E-state index in [2.05, 4.69) is 9.88 Å². The second kappa shape index (κ2) is 7.88. The Bertz CT molecular complexity index is 937. The molecule has 1 saturated heterocycles. The molecular formula is C21H24N4O2. The summed E-state index contributed by atoms with van der Waals surface area (Å²) in [7, 11) is 1.67. The molecule has 27 heavy (non-hydrogen) atoms. The van der Waals surface area contributed by atoms with Crippen molar-refractivity contribution in [1.29, 1.82) is 0 Å². The van der Waals surface area contributed by atoms with E-state index in [1.807, 2.05) is 24.4 Å².